The number of aliphatic carboxylic acids is 1. The van der Waals surface area contributed by atoms with Gasteiger partial charge in [0.15, 0.2) is 11.5 Å². The van der Waals surface area contributed by atoms with E-state index in [0.717, 1.165) is 16.8 Å². The molecule has 3 aromatic carbocycles. The van der Waals surface area contributed by atoms with Crippen LogP contribution in [0.1, 0.15) is 17.0 Å². The van der Waals surface area contributed by atoms with Crippen LogP contribution in [0, 0.1) is 0 Å². The minimum absolute atomic E-state index is 0.0930. The maximum Gasteiger partial charge on any atom is 0.307 e. The zero-order chi connectivity index (χ0) is 29.1. The van der Waals surface area contributed by atoms with Crippen LogP contribution in [-0.2, 0) is 17.6 Å². The van der Waals surface area contributed by atoms with Gasteiger partial charge in [0.25, 0.3) is 11.1 Å². The molecule has 0 aliphatic carbocycles. The lowest BCUT2D eigenvalue weighted by Gasteiger charge is -2.04. The summed E-state index contributed by atoms with van der Waals surface area (Å²) in [6, 6.07) is 24.3. The van der Waals surface area contributed by atoms with E-state index in [1.165, 1.54) is 12.7 Å². The third-order valence-electron chi connectivity index (χ3n) is 6.52. The van der Waals surface area contributed by atoms with Gasteiger partial charge in [-0.05, 0) is 47.5 Å². The van der Waals surface area contributed by atoms with Crippen LogP contribution in [0.3, 0.4) is 0 Å². The molecule has 7 rings (SSSR count). The number of aromatic nitrogens is 8. The third-order valence-corrected chi connectivity index (χ3v) is 6.52. The summed E-state index contributed by atoms with van der Waals surface area (Å²) in [5.41, 5.74) is 4.92. The molecule has 4 heterocycles. The maximum atomic E-state index is 12.0. The second-order valence-electron chi connectivity index (χ2n) is 9.38. The van der Waals surface area contributed by atoms with Crippen LogP contribution in [0.25, 0.3) is 38.7 Å². The molecule has 0 amide bonds. The first kappa shape index (κ1) is 26.2. The number of nitrogens with one attached hydrogen (secondary N) is 2. The molecule has 0 aliphatic heterocycles. The van der Waals surface area contributed by atoms with E-state index in [4.69, 9.17) is 10.2 Å². The number of fused-ring (bicyclic) bond motifs is 3. The second-order valence-corrected chi connectivity index (χ2v) is 9.38. The van der Waals surface area contributed by atoms with E-state index < -0.39 is 5.97 Å². The van der Waals surface area contributed by atoms with Gasteiger partial charge < -0.3 is 15.1 Å². The number of carboxylic acid groups (broad SMARTS) is 1. The Morgan fingerprint density at radius 1 is 0.762 bits per heavy atom. The van der Waals surface area contributed by atoms with Gasteiger partial charge in [-0.1, -0.05) is 42.5 Å². The lowest BCUT2D eigenvalue weighted by atomic mass is 10.1. The molecule has 0 aliphatic rings. The monoisotopic (exact) mass is 558 g/mol. The van der Waals surface area contributed by atoms with Crippen molar-refractivity contribution in [2.45, 2.75) is 12.8 Å². The predicted molar refractivity (Wildman–Crippen MR) is 155 cm³/mol. The van der Waals surface area contributed by atoms with Crippen LogP contribution in [0.15, 0.2) is 101 Å². The number of nitrogens with zero attached hydrogens (tertiary/aromatic N) is 6. The van der Waals surface area contributed by atoms with E-state index in [2.05, 4.69) is 30.1 Å². The van der Waals surface area contributed by atoms with E-state index in [1.54, 1.807) is 22.7 Å². The average molecular weight is 559 g/mol. The Morgan fingerprint density at radius 3 is 2.07 bits per heavy atom. The number of rotatable bonds is 5. The average Bonchev–Trinajstić information content (AvgIpc) is 3.40. The Hall–Kier alpha value is -6.04. The van der Waals surface area contributed by atoms with E-state index in [1.807, 2.05) is 60.7 Å². The van der Waals surface area contributed by atoms with E-state index in [0.29, 0.717) is 45.3 Å². The van der Waals surface area contributed by atoms with Gasteiger partial charge in [0.1, 0.15) is 0 Å². The highest BCUT2D eigenvalue weighted by molar-refractivity contribution is 5.80. The van der Waals surface area contributed by atoms with Crippen molar-refractivity contribution in [3.8, 4) is 11.3 Å². The van der Waals surface area contributed by atoms with Gasteiger partial charge in [-0.15, -0.1) is 10.2 Å². The van der Waals surface area contributed by atoms with Gasteiger partial charge in [0.2, 0.25) is 0 Å². The summed E-state index contributed by atoms with van der Waals surface area (Å²) in [5.74, 6) is -0.211. The summed E-state index contributed by atoms with van der Waals surface area (Å²) in [4.78, 5) is 47.0. The molecule has 206 valence electrons. The van der Waals surface area contributed by atoms with Gasteiger partial charge in [0.05, 0.1) is 46.6 Å². The van der Waals surface area contributed by atoms with Crippen LogP contribution >= 0.6 is 0 Å². The standard InChI is InChI=1S/C20H14N6O.C10H8N2O3/c27-20-15-10-13(6-7-17(15)21-12-22-20)11-19-24-23-18-9-8-16(25-26(18)19)14-4-2-1-3-5-14;13-9(14)4-6-1-2-8-7(3-6)10(15)12-5-11-8/h1-10,12H,11H2,(H,21,22,27);1-3,5H,4H2,(H,13,14)(H,11,12,15). The lowest BCUT2D eigenvalue weighted by molar-refractivity contribution is -0.136. The highest BCUT2D eigenvalue weighted by atomic mass is 16.4. The fourth-order valence-corrected chi connectivity index (χ4v) is 4.52. The molecule has 0 saturated heterocycles. The summed E-state index contributed by atoms with van der Waals surface area (Å²) in [6.07, 6.45) is 3.15. The van der Waals surface area contributed by atoms with E-state index >= 15 is 0 Å². The van der Waals surface area contributed by atoms with Crippen molar-refractivity contribution in [1.29, 1.82) is 0 Å². The topological polar surface area (TPSA) is 172 Å². The molecule has 12 heteroatoms. The predicted octanol–water partition coefficient (Wildman–Crippen LogP) is 3.17. The van der Waals surface area contributed by atoms with Crippen molar-refractivity contribution in [1.82, 2.24) is 39.7 Å². The van der Waals surface area contributed by atoms with Crippen molar-refractivity contribution in [2.75, 3.05) is 0 Å². The molecule has 7 aromatic rings. The van der Waals surface area contributed by atoms with Crippen LogP contribution in [0.2, 0.25) is 0 Å². The molecule has 0 unspecified atom stereocenters. The first-order valence-corrected chi connectivity index (χ1v) is 12.9. The minimum atomic E-state index is -0.922. The zero-order valence-electron chi connectivity index (χ0n) is 21.9. The normalized spacial score (nSPS) is 11.0. The van der Waals surface area contributed by atoms with E-state index in [9.17, 15) is 14.4 Å². The van der Waals surface area contributed by atoms with Crippen molar-refractivity contribution in [3.63, 3.8) is 0 Å². The lowest BCUT2D eigenvalue weighted by Crippen LogP contribution is -2.07. The van der Waals surface area contributed by atoms with Crippen LogP contribution in [0.4, 0.5) is 0 Å². The van der Waals surface area contributed by atoms with Crippen LogP contribution in [-0.4, -0.2) is 50.8 Å². The molecule has 0 atom stereocenters. The number of benzene rings is 3. The quantitative estimate of drug-likeness (QED) is 0.287. The first-order chi connectivity index (χ1) is 20.4. The van der Waals surface area contributed by atoms with Gasteiger partial charge >= 0.3 is 5.97 Å². The smallest absolute Gasteiger partial charge is 0.307 e. The van der Waals surface area contributed by atoms with Crippen LogP contribution < -0.4 is 11.1 Å². The number of hydrogen-bond acceptors (Lipinski definition) is 8. The number of carbonyl (C=O) groups is 1. The van der Waals surface area contributed by atoms with Gasteiger partial charge in [-0.25, -0.2) is 9.97 Å². The number of H-pyrrole nitrogens is 2. The molecule has 3 N–H and O–H groups in total. The third kappa shape index (κ3) is 5.49. The number of hydrogen-bond donors (Lipinski definition) is 3. The highest BCUT2D eigenvalue weighted by Gasteiger charge is 2.11. The SMILES string of the molecule is O=C(O)Cc1ccc2nc[nH]c(=O)c2c1.O=c1[nH]cnc2ccc(Cc3nnc4ccc(-c5ccccc5)nn34)cc12. The minimum Gasteiger partial charge on any atom is -0.481 e. The molecule has 12 nitrogen and oxygen atoms in total. The molecule has 0 bridgehead atoms. The molecule has 0 saturated carbocycles. The Kier molecular flexibility index (Phi) is 6.99. The number of aromatic amines is 2. The number of carboxylic acids is 1. The van der Waals surface area contributed by atoms with Crippen molar-refractivity contribution < 1.29 is 9.90 Å². The summed E-state index contributed by atoms with van der Waals surface area (Å²) in [7, 11) is 0. The van der Waals surface area contributed by atoms with Crippen molar-refractivity contribution in [2.24, 2.45) is 0 Å². The Morgan fingerprint density at radius 2 is 1.40 bits per heavy atom. The largest absolute Gasteiger partial charge is 0.481 e. The molecule has 42 heavy (non-hydrogen) atoms. The fraction of sp³-hybridized carbons (Fsp3) is 0.0667. The molecule has 4 aromatic heterocycles. The molecular weight excluding hydrogens is 536 g/mol. The zero-order valence-corrected chi connectivity index (χ0v) is 21.9. The van der Waals surface area contributed by atoms with Crippen LogP contribution in [0.5, 0.6) is 0 Å². The Bertz CT molecular complexity index is 2190. The molecule has 0 fully saturated rings. The second kappa shape index (κ2) is 11.2. The fourth-order valence-electron chi connectivity index (χ4n) is 4.52. The Balaban J connectivity index is 0.000000179. The van der Waals surface area contributed by atoms with Gasteiger partial charge in [-0.2, -0.15) is 9.61 Å². The van der Waals surface area contributed by atoms with Gasteiger partial charge in [-0.3, -0.25) is 14.4 Å². The molecule has 0 radical (unpaired) electrons. The summed E-state index contributed by atoms with van der Waals surface area (Å²) in [5, 5.41) is 22.7. The van der Waals surface area contributed by atoms with Gasteiger partial charge in [0, 0.05) is 12.0 Å². The first-order valence-electron chi connectivity index (χ1n) is 12.9. The summed E-state index contributed by atoms with van der Waals surface area (Å²) < 4.78 is 1.75. The van der Waals surface area contributed by atoms with Crippen molar-refractivity contribution in [3.05, 3.63) is 129 Å². The van der Waals surface area contributed by atoms with E-state index in [-0.39, 0.29) is 17.5 Å². The molecule has 0 spiro atoms. The summed E-state index contributed by atoms with van der Waals surface area (Å²) in [6.45, 7) is 0. The maximum absolute atomic E-state index is 12.0. The van der Waals surface area contributed by atoms with Crippen molar-refractivity contribution >= 4 is 33.4 Å². The summed E-state index contributed by atoms with van der Waals surface area (Å²) >= 11 is 0. The Labute approximate surface area is 236 Å². The highest BCUT2D eigenvalue weighted by Crippen LogP contribution is 2.18. The molecular formula is C30H22N8O4.